The van der Waals surface area contributed by atoms with Crippen LogP contribution < -0.4 is 0 Å². The second-order valence-corrected chi connectivity index (χ2v) is 7.75. The molecule has 0 N–H and O–H groups in total. The molecule has 0 aromatic carbocycles. The van der Waals surface area contributed by atoms with E-state index >= 15 is 0 Å². The van der Waals surface area contributed by atoms with Crippen molar-refractivity contribution in [1.29, 1.82) is 0 Å². The quantitative estimate of drug-likeness (QED) is 0.261. The number of aldehydes is 1. The summed E-state index contributed by atoms with van der Waals surface area (Å²) in [4.78, 5) is 14.9. The van der Waals surface area contributed by atoms with Crippen LogP contribution in [0, 0.1) is 0 Å². The van der Waals surface area contributed by atoms with E-state index in [2.05, 4.69) is 69.7 Å². The molecule has 0 bridgehead atoms. The Labute approximate surface area is 158 Å². The van der Waals surface area contributed by atoms with Gasteiger partial charge in [0.2, 0.25) is 0 Å². The molecule has 0 aliphatic rings. The molecule has 120 valence electrons. The van der Waals surface area contributed by atoms with Gasteiger partial charge >= 0.3 is 0 Å². The van der Waals surface area contributed by atoms with E-state index in [-0.39, 0.29) is 0 Å². The lowest BCUT2D eigenvalue weighted by molar-refractivity contribution is -0.107. The first kappa shape index (κ1) is 17.0. The van der Waals surface area contributed by atoms with Gasteiger partial charge in [-0.1, -0.05) is 0 Å². The van der Waals surface area contributed by atoms with Crippen molar-refractivity contribution in [2.75, 3.05) is 0 Å². The highest BCUT2D eigenvalue weighted by atomic mass is 127. The van der Waals surface area contributed by atoms with Gasteiger partial charge in [0.25, 0.3) is 0 Å². The Hall–Kier alpha value is -0.870. The molecule has 0 spiro atoms. The third-order valence-corrected chi connectivity index (χ3v) is 5.69. The van der Waals surface area contributed by atoms with Crippen LogP contribution in [-0.2, 0) is 11.3 Å². The van der Waals surface area contributed by atoms with Crippen molar-refractivity contribution in [2.24, 2.45) is 0 Å². The highest BCUT2D eigenvalue weighted by molar-refractivity contribution is 14.2. The van der Waals surface area contributed by atoms with E-state index in [1.165, 1.54) is 0 Å². The number of rotatable bonds is 7. The summed E-state index contributed by atoms with van der Waals surface area (Å²) in [6, 6.07) is 2.09. The first-order chi connectivity index (χ1) is 11.2. The number of pyridine rings is 1. The summed E-state index contributed by atoms with van der Waals surface area (Å²) in [6.07, 6.45) is 11.3. The molecular weight excluding hydrogens is 491 g/mol. The number of halogens is 2. The molecule has 0 unspecified atom stereocenters. The molecule has 3 heterocycles. The number of fused-ring (bicyclic) bond motifs is 1. The lowest BCUT2D eigenvalue weighted by Crippen LogP contribution is -1.97. The average Bonchev–Trinajstić information content (AvgIpc) is 3.15. The molecule has 0 atom stereocenters. The Morgan fingerprint density at radius 2 is 2.17 bits per heavy atom. The van der Waals surface area contributed by atoms with Gasteiger partial charge in [-0.15, -0.1) is 0 Å². The number of hydrogen-bond acceptors (Lipinski definition) is 4. The van der Waals surface area contributed by atoms with Gasteiger partial charge in [0.15, 0.2) is 5.65 Å². The summed E-state index contributed by atoms with van der Waals surface area (Å²) in [6.45, 7) is 0.829. The normalized spacial score (nSPS) is 11.2. The first-order valence-corrected chi connectivity index (χ1v) is 11.3. The van der Waals surface area contributed by atoms with E-state index in [0.29, 0.717) is 6.42 Å². The maximum Gasteiger partial charge on any atom is 0.151 e. The van der Waals surface area contributed by atoms with Crippen LogP contribution >= 0.6 is 46.3 Å². The zero-order chi connectivity index (χ0) is 16.2. The van der Waals surface area contributed by atoms with Crippen LogP contribution in [0.3, 0.4) is 0 Å². The van der Waals surface area contributed by atoms with Gasteiger partial charge in [0.05, 0.1) is 6.20 Å². The minimum Gasteiger partial charge on any atom is -0.303 e. The van der Waals surface area contributed by atoms with Gasteiger partial charge in [0.1, 0.15) is 6.29 Å². The number of aromatic nitrogens is 4. The van der Waals surface area contributed by atoms with Crippen molar-refractivity contribution in [3.63, 3.8) is 0 Å². The van der Waals surface area contributed by atoms with Gasteiger partial charge in [-0.3, -0.25) is 8.65 Å². The summed E-state index contributed by atoms with van der Waals surface area (Å²) in [5.74, 6) is 0. The predicted octanol–water partition coefficient (Wildman–Crippen LogP) is 4.88. The van der Waals surface area contributed by atoms with Crippen molar-refractivity contribution in [3.8, 4) is 11.1 Å². The van der Waals surface area contributed by atoms with Crippen LogP contribution in [0.2, 0.25) is 0 Å². The van der Waals surface area contributed by atoms with E-state index in [0.717, 1.165) is 52.3 Å². The molecule has 3 aromatic rings. The molecule has 0 saturated heterocycles. The standard InChI is InChI=1S/C15H14BrIN4OS/c16-12-6-13-14(10-21(23-17)15(13)18-8-12)11-7-19-20(9-11)4-2-1-3-5-22/h5-10H,1-4H2. The lowest BCUT2D eigenvalue weighted by atomic mass is 10.1. The van der Waals surface area contributed by atoms with Crippen LogP contribution in [0.4, 0.5) is 0 Å². The molecule has 8 heteroatoms. The SMILES string of the molecule is O=CCCCCn1cc(-c2cn(SI)c3ncc(Br)cc23)cn1. The van der Waals surface area contributed by atoms with Crippen molar-refractivity contribution in [3.05, 3.63) is 35.3 Å². The minimum absolute atomic E-state index is 0.619. The zero-order valence-electron chi connectivity index (χ0n) is 12.2. The highest BCUT2D eigenvalue weighted by Crippen LogP contribution is 2.34. The molecule has 0 amide bonds. The zero-order valence-corrected chi connectivity index (χ0v) is 16.7. The van der Waals surface area contributed by atoms with Gasteiger partial charge in [-0.25, -0.2) is 4.98 Å². The van der Waals surface area contributed by atoms with E-state index < -0.39 is 0 Å². The summed E-state index contributed by atoms with van der Waals surface area (Å²) < 4.78 is 4.95. The molecule has 0 aliphatic carbocycles. The van der Waals surface area contributed by atoms with Crippen molar-refractivity contribution in [2.45, 2.75) is 25.8 Å². The monoisotopic (exact) mass is 504 g/mol. The number of carbonyl (C=O) groups excluding carboxylic acids is 1. The van der Waals surface area contributed by atoms with Gasteiger partial charge in [-0.05, 0) is 34.8 Å². The molecule has 0 aliphatic heterocycles. The van der Waals surface area contributed by atoms with E-state index in [1.807, 2.05) is 17.1 Å². The fraction of sp³-hybridized carbons (Fsp3) is 0.267. The summed E-state index contributed by atoms with van der Waals surface area (Å²) in [5, 5.41) is 5.53. The molecule has 5 nitrogen and oxygen atoms in total. The van der Waals surface area contributed by atoms with E-state index in [9.17, 15) is 4.79 Å². The molecule has 0 radical (unpaired) electrons. The van der Waals surface area contributed by atoms with Gasteiger partial charge in [-0.2, -0.15) is 5.10 Å². The fourth-order valence-electron chi connectivity index (χ4n) is 2.46. The second kappa shape index (κ2) is 7.80. The topological polar surface area (TPSA) is 52.7 Å². The van der Waals surface area contributed by atoms with E-state index in [1.54, 1.807) is 9.12 Å². The third kappa shape index (κ3) is 3.80. The van der Waals surface area contributed by atoms with Crippen LogP contribution in [0.25, 0.3) is 22.2 Å². The molecule has 0 fully saturated rings. The van der Waals surface area contributed by atoms with Crippen LogP contribution in [0.15, 0.2) is 35.3 Å². The summed E-state index contributed by atoms with van der Waals surface area (Å²) >= 11 is 5.75. The molecule has 3 rings (SSSR count). The molecule has 3 aromatic heterocycles. The van der Waals surface area contributed by atoms with Crippen LogP contribution in [0.5, 0.6) is 0 Å². The van der Waals surface area contributed by atoms with Crippen LogP contribution in [0.1, 0.15) is 19.3 Å². The molecule has 0 saturated carbocycles. The van der Waals surface area contributed by atoms with Crippen molar-refractivity contribution in [1.82, 2.24) is 18.7 Å². The number of nitrogens with zero attached hydrogens (tertiary/aromatic N) is 4. The Balaban J connectivity index is 1.89. The maximum atomic E-state index is 10.4. The first-order valence-electron chi connectivity index (χ1n) is 7.15. The van der Waals surface area contributed by atoms with Crippen molar-refractivity contribution < 1.29 is 4.79 Å². The Kier molecular flexibility index (Phi) is 5.76. The maximum absolute atomic E-state index is 10.4. The number of carbonyl (C=O) groups is 1. The van der Waals surface area contributed by atoms with Crippen LogP contribution in [-0.4, -0.2) is 25.0 Å². The average molecular weight is 505 g/mol. The van der Waals surface area contributed by atoms with Crippen molar-refractivity contribution >= 4 is 63.6 Å². The molecular formula is C15H14BrIN4OS. The Morgan fingerprint density at radius 3 is 2.96 bits per heavy atom. The second-order valence-electron chi connectivity index (χ2n) is 5.12. The summed E-state index contributed by atoms with van der Waals surface area (Å²) in [5.41, 5.74) is 3.15. The smallest absolute Gasteiger partial charge is 0.151 e. The number of unbranched alkanes of at least 4 members (excludes halogenated alkanes) is 2. The Morgan fingerprint density at radius 1 is 1.30 bits per heavy atom. The van der Waals surface area contributed by atoms with Gasteiger partial charge < -0.3 is 4.79 Å². The third-order valence-electron chi connectivity index (χ3n) is 3.56. The summed E-state index contributed by atoms with van der Waals surface area (Å²) in [7, 11) is 1.59. The fourth-order valence-corrected chi connectivity index (χ4v) is 4.05. The highest BCUT2D eigenvalue weighted by Gasteiger charge is 2.13. The predicted molar refractivity (Wildman–Crippen MR) is 106 cm³/mol. The lowest BCUT2D eigenvalue weighted by Gasteiger charge is -1.99. The molecule has 23 heavy (non-hydrogen) atoms. The number of hydrogen-bond donors (Lipinski definition) is 0. The Bertz CT molecular complexity index is 832. The largest absolute Gasteiger partial charge is 0.303 e. The minimum atomic E-state index is 0.619. The van der Waals surface area contributed by atoms with E-state index in [4.69, 9.17) is 0 Å². The number of aryl methyl sites for hydroxylation is 1. The van der Waals surface area contributed by atoms with Gasteiger partial charge in [0, 0.05) is 82.9 Å².